The van der Waals surface area contributed by atoms with Crippen molar-refractivity contribution in [3.63, 3.8) is 0 Å². The van der Waals surface area contributed by atoms with Crippen LogP contribution in [0, 0.1) is 10.1 Å². The lowest BCUT2D eigenvalue weighted by Gasteiger charge is -2.30. The fourth-order valence-electron chi connectivity index (χ4n) is 3.10. The molecule has 158 valence electrons. The van der Waals surface area contributed by atoms with Gasteiger partial charge < -0.3 is 24.8 Å². The third-order valence-electron chi connectivity index (χ3n) is 4.23. The van der Waals surface area contributed by atoms with Gasteiger partial charge in [-0.25, -0.2) is 9.59 Å². The largest absolute Gasteiger partial charge is 0.493 e. The summed E-state index contributed by atoms with van der Waals surface area (Å²) < 4.78 is 15.7. The zero-order valence-corrected chi connectivity index (χ0v) is 17.0. The molecule has 0 saturated carbocycles. The number of nitrogens with zero attached hydrogens (tertiary/aromatic N) is 1. The van der Waals surface area contributed by atoms with Crippen molar-refractivity contribution in [1.29, 1.82) is 0 Å². The molecule has 2 amide bonds. The first-order chi connectivity index (χ1) is 13.7. The molecule has 1 heterocycles. The molecule has 0 aliphatic carbocycles. The SMILES string of the molecule is CCCC1=C(C(=O)OC(C)C)C(c2cc(OC)c(OC)c([N+](=O)[O-])c2)NC(=O)N1. The summed E-state index contributed by atoms with van der Waals surface area (Å²) in [6.07, 6.45) is 0.727. The van der Waals surface area contributed by atoms with Crippen LogP contribution >= 0.6 is 0 Å². The molecule has 29 heavy (non-hydrogen) atoms. The van der Waals surface area contributed by atoms with Gasteiger partial charge >= 0.3 is 17.7 Å². The number of urea groups is 1. The van der Waals surface area contributed by atoms with E-state index in [9.17, 15) is 19.7 Å². The number of rotatable bonds is 8. The molecule has 10 heteroatoms. The summed E-state index contributed by atoms with van der Waals surface area (Å²) in [6.45, 7) is 5.33. The molecule has 0 fully saturated rings. The number of hydrogen-bond acceptors (Lipinski definition) is 7. The normalized spacial score (nSPS) is 16.2. The summed E-state index contributed by atoms with van der Waals surface area (Å²) in [5, 5.41) is 16.8. The Morgan fingerprint density at radius 1 is 1.28 bits per heavy atom. The van der Waals surface area contributed by atoms with Crippen molar-refractivity contribution in [3.05, 3.63) is 39.1 Å². The minimum absolute atomic E-state index is 0.0504. The van der Waals surface area contributed by atoms with Gasteiger partial charge in [0.15, 0.2) is 5.75 Å². The Labute approximate surface area is 168 Å². The van der Waals surface area contributed by atoms with Crippen LogP contribution in [0.2, 0.25) is 0 Å². The van der Waals surface area contributed by atoms with Crippen LogP contribution in [0.15, 0.2) is 23.4 Å². The molecule has 1 aromatic carbocycles. The molecule has 0 saturated heterocycles. The van der Waals surface area contributed by atoms with E-state index in [4.69, 9.17) is 14.2 Å². The van der Waals surface area contributed by atoms with Gasteiger partial charge in [-0.3, -0.25) is 10.1 Å². The van der Waals surface area contributed by atoms with Gasteiger partial charge in [-0.1, -0.05) is 13.3 Å². The molecule has 1 aliphatic heterocycles. The van der Waals surface area contributed by atoms with Crippen LogP contribution in [0.5, 0.6) is 11.5 Å². The molecular weight excluding hydrogens is 382 g/mol. The number of hydrogen-bond donors (Lipinski definition) is 2. The van der Waals surface area contributed by atoms with E-state index in [2.05, 4.69) is 10.6 Å². The topological polar surface area (TPSA) is 129 Å². The van der Waals surface area contributed by atoms with Gasteiger partial charge in [-0.05, 0) is 31.9 Å². The van der Waals surface area contributed by atoms with Crippen LogP contribution in [0.1, 0.15) is 45.2 Å². The predicted molar refractivity (Wildman–Crippen MR) is 104 cm³/mol. The Bertz CT molecular complexity index is 848. The van der Waals surface area contributed by atoms with E-state index in [0.29, 0.717) is 24.1 Å². The second-order valence-corrected chi connectivity index (χ2v) is 6.66. The predicted octanol–water partition coefficient (Wildman–Crippen LogP) is 2.97. The van der Waals surface area contributed by atoms with Crippen LogP contribution in [0.25, 0.3) is 0 Å². The Hall–Kier alpha value is -3.30. The second kappa shape index (κ2) is 9.26. The Morgan fingerprint density at radius 3 is 2.48 bits per heavy atom. The zero-order chi connectivity index (χ0) is 21.7. The number of allylic oxidation sites excluding steroid dienone is 1. The standard InChI is InChI=1S/C19H25N3O7/c1-6-7-12-15(18(23)29-10(2)3)16(21-19(24)20-12)11-8-13(22(25)26)17(28-5)14(9-11)27-4/h8-10,16H,6-7H2,1-5H3,(H2,20,21,24). The second-order valence-electron chi connectivity index (χ2n) is 6.66. The van der Waals surface area contributed by atoms with Gasteiger partial charge in [0, 0.05) is 11.8 Å². The van der Waals surface area contributed by atoms with E-state index in [1.165, 1.54) is 26.4 Å². The Morgan fingerprint density at radius 2 is 1.97 bits per heavy atom. The zero-order valence-electron chi connectivity index (χ0n) is 17.0. The minimum atomic E-state index is -0.949. The van der Waals surface area contributed by atoms with Crippen molar-refractivity contribution in [2.75, 3.05) is 14.2 Å². The number of esters is 1. The van der Waals surface area contributed by atoms with Gasteiger partial charge in [0.1, 0.15) is 0 Å². The minimum Gasteiger partial charge on any atom is -0.493 e. The number of methoxy groups -OCH3 is 2. The van der Waals surface area contributed by atoms with Gasteiger partial charge in [0.05, 0.1) is 36.9 Å². The number of nitrogens with one attached hydrogen (secondary N) is 2. The number of ether oxygens (including phenoxy) is 3. The summed E-state index contributed by atoms with van der Waals surface area (Å²) >= 11 is 0. The van der Waals surface area contributed by atoms with Crippen molar-refractivity contribution < 1.29 is 28.7 Å². The maximum absolute atomic E-state index is 12.8. The van der Waals surface area contributed by atoms with Crippen molar-refractivity contribution in [2.24, 2.45) is 0 Å². The Kier molecular flexibility index (Phi) is 7.03. The van der Waals surface area contributed by atoms with Crippen LogP contribution < -0.4 is 20.1 Å². The van der Waals surface area contributed by atoms with E-state index in [0.717, 1.165) is 0 Å². The lowest BCUT2D eigenvalue weighted by Crippen LogP contribution is -2.46. The van der Waals surface area contributed by atoms with Crippen LogP contribution in [-0.2, 0) is 9.53 Å². The monoisotopic (exact) mass is 407 g/mol. The van der Waals surface area contributed by atoms with Crippen LogP contribution in [0.4, 0.5) is 10.5 Å². The first kappa shape index (κ1) is 22.0. The molecular formula is C19H25N3O7. The molecule has 0 radical (unpaired) electrons. The number of nitro benzene ring substituents is 1. The number of nitro groups is 1. The highest BCUT2D eigenvalue weighted by atomic mass is 16.6. The molecule has 1 aromatic rings. The molecule has 0 bridgehead atoms. The number of benzene rings is 1. The Balaban J connectivity index is 2.69. The third-order valence-corrected chi connectivity index (χ3v) is 4.23. The highest BCUT2D eigenvalue weighted by molar-refractivity contribution is 5.95. The summed E-state index contributed by atoms with van der Waals surface area (Å²) in [4.78, 5) is 36.0. The molecule has 0 spiro atoms. The number of carbonyl (C=O) groups excluding carboxylic acids is 2. The molecule has 1 aliphatic rings. The van der Waals surface area contributed by atoms with Crippen LogP contribution in [0.3, 0.4) is 0 Å². The van der Waals surface area contributed by atoms with E-state index >= 15 is 0 Å². The van der Waals surface area contributed by atoms with E-state index in [-0.39, 0.29) is 28.9 Å². The fourth-order valence-corrected chi connectivity index (χ4v) is 3.10. The van der Waals surface area contributed by atoms with Gasteiger partial charge in [-0.15, -0.1) is 0 Å². The summed E-state index contributed by atoms with van der Waals surface area (Å²) in [5.41, 5.74) is 0.572. The molecule has 1 unspecified atom stereocenters. The highest BCUT2D eigenvalue weighted by Crippen LogP contribution is 2.41. The van der Waals surface area contributed by atoms with Crippen LogP contribution in [-0.4, -0.2) is 37.2 Å². The maximum Gasteiger partial charge on any atom is 0.338 e. The maximum atomic E-state index is 12.8. The smallest absolute Gasteiger partial charge is 0.338 e. The van der Waals surface area contributed by atoms with E-state index in [1.54, 1.807) is 13.8 Å². The molecule has 2 N–H and O–H groups in total. The van der Waals surface area contributed by atoms with Crippen molar-refractivity contribution in [1.82, 2.24) is 10.6 Å². The van der Waals surface area contributed by atoms with Crippen molar-refractivity contribution in [2.45, 2.75) is 45.8 Å². The molecule has 1 atom stereocenters. The third kappa shape index (κ3) is 4.76. The van der Waals surface area contributed by atoms with E-state index < -0.39 is 23.0 Å². The first-order valence-electron chi connectivity index (χ1n) is 9.15. The average molecular weight is 407 g/mol. The van der Waals surface area contributed by atoms with Gasteiger partial charge in [0.2, 0.25) is 5.75 Å². The summed E-state index contributed by atoms with van der Waals surface area (Å²) in [6, 6.07) is 1.28. The van der Waals surface area contributed by atoms with Gasteiger partial charge in [-0.2, -0.15) is 0 Å². The summed E-state index contributed by atoms with van der Waals surface area (Å²) in [5.74, 6) is -0.554. The summed E-state index contributed by atoms with van der Waals surface area (Å²) in [7, 11) is 2.64. The number of carbonyl (C=O) groups is 2. The van der Waals surface area contributed by atoms with Gasteiger partial charge in [0.25, 0.3) is 0 Å². The lowest BCUT2D eigenvalue weighted by molar-refractivity contribution is -0.385. The van der Waals surface area contributed by atoms with Crippen molar-refractivity contribution in [3.8, 4) is 11.5 Å². The highest BCUT2D eigenvalue weighted by Gasteiger charge is 2.36. The lowest BCUT2D eigenvalue weighted by atomic mass is 9.93. The fraction of sp³-hybridized carbons (Fsp3) is 0.474. The molecule has 2 rings (SSSR count). The molecule has 0 aromatic heterocycles. The average Bonchev–Trinajstić information content (AvgIpc) is 2.65. The quantitative estimate of drug-likeness (QED) is 0.385. The molecule has 10 nitrogen and oxygen atoms in total. The van der Waals surface area contributed by atoms with E-state index in [1.807, 2.05) is 6.92 Å². The number of amides is 2. The first-order valence-corrected chi connectivity index (χ1v) is 9.15. The van der Waals surface area contributed by atoms with Crippen molar-refractivity contribution >= 4 is 17.7 Å².